The number of carbonyl (C=O) groups is 2. The Morgan fingerprint density at radius 2 is 1.88 bits per heavy atom. The molecule has 7 heteroatoms. The zero-order chi connectivity index (χ0) is 17.2. The number of urea groups is 1. The quantitative estimate of drug-likeness (QED) is 0.652. The molecule has 1 fully saturated rings. The lowest BCUT2D eigenvalue weighted by molar-refractivity contribution is 0.0383. The van der Waals surface area contributed by atoms with Crippen LogP contribution in [0.15, 0.2) is 36.9 Å². The second-order valence-corrected chi connectivity index (χ2v) is 5.41. The molecule has 0 saturated carbocycles. The number of amides is 3. The Labute approximate surface area is 142 Å². The highest BCUT2D eigenvalue weighted by Crippen LogP contribution is 2.09. The average Bonchev–Trinajstić information content (AvgIpc) is 2.61. The van der Waals surface area contributed by atoms with Gasteiger partial charge >= 0.3 is 6.03 Å². The van der Waals surface area contributed by atoms with Gasteiger partial charge in [-0.2, -0.15) is 0 Å². The zero-order valence-corrected chi connectivity index (χ0v) is 13.7. The molecule has 3 N–H and O–H groups in total. The van der Waals surface area contributed by atoms with Crippen LogP contribution in [0.3, 0.4) is 0 Å². The molecule has 1 aromatic rings. The summed E-state index contributed by atoms with van der Waals surface area (Å²) in [4.78, 5) is 25.9. The molecule has 24 heavy (non-hydrogen) atoms. The maximum absolute atomic E-state index is 12.1. The largest absolute Gasteiger partial charge is 0.379 e. The van der Waals surface area contributed by atoms with Crippen LogP contribution < -0.4 is 16.0 Å². The second kappa shape index (κ2) is 9.69. The number of rotatable bonds is 7. The lowest BCUT2D eigenvalue weighted by atomic mass is 10.2. The monoisotopic (exact) mass is 332 g/mol. The Kier molecular flexibility index (Phi) is 7.25. The fourth-order valence-electron chi connectivity index (χ4n) is 2.30. The summed E-state index contributed by atoms with van der Waals surface area (Å²) in [6, 6.07) is 6.47. The Hall–Kier alpha value is -2.38. The maximum Gasteiger partial charge on any atom is 0.319 e. The summed E-state index contributed by atoms with van der Waals surface area (Å²) in [7, 11) is 0. The summed E-state index contributed by atoms with van der Waals surface area (Å²) in [5.41, 5.74) is 1.19. The topological polar surface area (TPSA) is 82.7 Å². The van der Waals surface area contributed by atoms with Crippen LogP contribution in [0.5, 0.6) is 0 Å². The Morgan fingerprint density at radius 1 is 1.17 bits per heavy atom. The number of benzene rings is 1. The van der Waals surface area contributed by atoms with E-state index in [1.807, 2.05) is 0 Å². The molecule has 1 saturated heterocycles. The number of ether oxygens (including phenoxy) is 1. The van der Waals surface area contributed by atoms with Gasteiger partial charge in [0.1, 0.15) is 0 Å². The summed E-state index contributed by atoms with van der Waals surface area (Å²) in [5.74, 6) is -0.120. The summed E-state index contributed by atoms with van der Waals surface area (Å²) in [6.45, 7) is 8.66. The van der Waals surface area contributed by atoms with E-state index in [2.05, 4.69) is 27.4 Å². The van der Waals surface area contributed by atoms with Crippen LogP contribution in [-0.2, 0) is 4.74 Å². The van der Waals surface area contributed by atoms with E-state index < -0.39 is 0 Å². The van der Waals surface area contributed by atoms with Gasteiger partial charge < -0.3 is 20.7 Å². The average molecular weight is 332 g/mol. The summed E-state index contributed by atoms with van der Waals surface area (Å²) in [5, 5.41) is 8.20. The van der Waals surface area contributed by atoms with Gasteiger partial charge in [-0.05, 0) is 24.3 Å². The number of morpholine rings is 1. The minimum Gasteiger partial charge on any atom is -0.379 e. The van der Waals surface area contributed by atoms with E-state index in [1.165, 1.54) is 0 Å². The molecular weight excluding hydrogens is 308 g/mol. The molecule has 0 atom stereocenters. The molecule has 1 heterocycles. The highest BCUT2D eigenvalue weighted by Gasteiger charge is 2.11. The molecule has 0 aromatic heterocycles. The molecule has 0 unspecified atom stereocenters. The predicted octanol–water partition coefficient (Wildman–Crippen LogP) is 1.06. The number of anilines is 1. The Morgan fingerprint density at radius 3 is 2.54 bits per heavy atom. The second-order valence-electron chi connectivity index (χ2n) is 5.41. The highest BCUT2D eigenvalue weighted by molar-refractivity contribution is 5.95. The predicted molar refractivity (Wildman–Crippen MR) is 93.3 cm³/mol. The van der Waals surface area contributed by atoms with E-state index in [9.17, 15) is 9.59 Å². The van der Waals surface area contributed by atoms with Crippen molar-refractivity contribution in [3.05, 3.63) is 42.5 Å². The zero-order valence-electron chi connectivity index (χ0n) is 13.7. The highest BCUT2D eigenvalue weighted by atomic mass is 16.5. The van der Waals surface area contributed by atoms with Crippen molar-refractivity contribution in [2.45, 2.75) is 0 Å². The van der Waals surface area contributed by atoms with Gasteiger partial charge in [0, 0.05) is 44.0 Å². The van der Waals surface area contributed by atoms with Crippen LogP contribution in [0.1, 0.15) is 10.4 Å². The van der Waals surface area contributed by atoms with Crippen LogP contribution in [0.2, 0.25) is 0 Å². The third-order valence-corrected chi connectivity index (χ3v) is 3.63. The summed E-state index contributed by atoms with van der Waals surface area (Å²) >= 11 is 0. The third-order valence-electron chi connectivity index (χ3n) is 3.63. The summed E-state index contributed by atoms with van der Waals surface area (Å²) in [6.07, 6.45) is 1.60. The van der Waals surface area contributed by atoms with Crippen molar-refractivity contribution in [3.8, 4) is 0 Å². The standard InChI is InChI=1S/C17H24N4O3/c1-2-7-19-17(23)20-15-5-3-14(4-6-15)16(22)18-8-9-21-10-12-24-13-11-21/h2-6H,1,7-13H2,(H,18,22)(H2,19,20,23). The van der Waals surface area contributed by atoms with E-state index in [0.717, 1.165) is 32.8 Å². The number of nitrogens with one attached hydrogen (secondary N) is 3. The van der Waals surface area contributed by atoms with Gasteiger partial charge in [-0.3, -0.25) is 9.69 Å². The lowest BCUT2D eigenvalue weighted by Crippen LogP contribution is -2.41. The van der Waals surface area contributed by atoms with Crippen molar-refractivity contribution in [2.75, 3.05) is 51.3 Å². The molecule has 0 bridgehead atoms. The Bertz CT molecular complexity index is 553. The first-order valence-corrected chi connectivity index (χ1v) is 8.03. The number of hydrogen-bond donors (Lipinski definition) is 3. The van der Waals surface area contributed by atoms with E-state index in [4.69, 9.17) is 4.74 Å². The Balaban J connectivity index is 1.73. The van der Waals surface area contributed by atoms with Crippen molar-refractivity contribution in [1.82, 2.24) is 15.5 Å². The van der Waals surface area contributed by atoms with Gasteiger partial charge in [0.2, 0.25) is 0 Å². The fourth-order valence-corrected chi connectivity index (χ4v) is 2.30. The first-order chi connectivity index (χ1) is 11.7. The molecule has 3 amide bonds. The maximum atomic E-state index is 12.1. The molecule has 7 nitrogen and oxygen atoms in total. The van der Waals surface area contributed by atoms with Crippen LogP contribution in [0.4, 0.5) is 10.5 Å². The minimum atomic E-state index is -0.308. The van der Waals surface area contributed by atoms with Crippen molar-refractivity contribution in [1.29, 1.82) is 0 Å². The van der Waals surface area contributed by atoms with E-state index in [-0.39, 0.29) is 11.9 Å². The third kappa shape index (κ3) is 6.02. The van der Waals surface area contributed by atoms with E-state index in [0.29, 0.717) is 24.3 Å². The number of nitrogens with zero attached hydrogens (tertiary/aromatic N) is 1. The molecule has 1 aliphatic heterocycles. The van der Waals surface area contributed by atoms with Gasteiger partial charge in [0.15, 0.2) is 0 Å². The van der Waals surface area contributed by atoms with Crippen LogP contribution >= 0.6 is 0 Å². The SMILES string of the molecule is C=CCNC(=O)Nc1ccc(C(=O)NCCN2CCOCC2)cc1. The minimum absolute atomic E-state index is 0.120. The molecule has 2 rings (SSSR count). The smallest absolute Gasteiger partial charge is 0.319 e. The van der Waals surface area contributed by atoms with Gasteiger partial charge in [-0.15, -0.1) is 6.58 Å². The molecule has 1 aromatic carbocycles. The van der Waals surface area contributed by atoms with Crippen LogP contribution in [0.25, 0.3) is 0 Å². The van der Waals surface area contributed by atoms with Crippen molar-refractivity contribution in [3.63, 3.8) is 0 Å². The van der Waals surface area contributed by atoms with Crippen molar-refractivity contribution < 1.29 is 14.3 Å². The first kappa shape index (κ1) is 18.0. The molecule has 0 aliphatic carbocycles. The van der Waals surface area contributed by atoms with E-state index in [1.54, 1.807) is 30.3 Å². The fraction of sp³-hybridized carbons (Fsp3) is 0.412. The van der Waals surface area contributed by atoms with E-state index >= 15 is 0 Å². The molecule has 0 spiro atoms. The van der Waals surface area contributed by atoms with Crippen LogP contribution in [0, 0.1) is 0 Å². The lowest BCUT2D eigenvalue weighted by Gasteiger charge is -2.26. The van der Waals surface area contributed by atoms with Crippen molar-refractivity contribution >= 4 is 17.6 Å². The summed E-state index contributed by atoms with van der Waals surface area (Å²) < 4.78 is 5.29. The van der Waals surface area contributed by atoms with Crippen LogP contribution in [-0.4, -0.2) is 62.8 Å². The van der Waals surface area contributed by atoms with Gasteiger partial charge in [0.25, 0.3) is 5.91 Å². The number of hydrogen-bond acceptors (Lipinski definition) is 4. The molecule has 1 aliphatic rings. The van der Waals surface area contributed by atoms with Gasteiger partial charge in [-0.1, -0.05) is 6.08 Å². The van der Waals surface area contributed by atoms with Gasteiger partial charge in [0.05, 0.1) is 13.2 Å². The van der Waals surface area contributed by atoms with Crippen molar-refractivity contribution in [2.24, 2.45) is 0 Å². The molecular formula is C17H24N4O3. The normalized spacial score (nSPS) is 14.7. The molecule has 0 radical (unpaired) electrons. The first-order valence-electron chi connectivity index (χ1n) is 8.03. The molecule has 130 valence electrons. The van der Waals surface area contributed by atoms with Gasteiger partial charge in [-0.25, -0.2) is 4.79 Å². The number of carbonyl (C=O) groups excluding carboxylic acids is 2.